The van der Waals surface area contributed by atoms with Crippen LogP contribution >= 0.6 is 0 Å². The Balaban J connectivity index is 1.77. The Labute approximate surface area is 160 Å². The zero-order valence-corrected chi connectivity index (χ0v) is 15.7. The summed E-state index contributed by atoms with van der Waals surface area (Å²) in [5.41, 5.74) is 1.12. The highest BCUT2D eigenvalue weighted by molar-refractivity contribution is 5.75. The van der Waals surface area contributed by atoms with Crippen LogP contribution < -0.4 is 5.32 Å². The quantitative estimate of drug-likeness (QED) is 0.410. The number of carbonyl (C=O) groups excluding carboxylic acids is 1. The summed E-state index contributed by atoms with van der Waals surface area (Å²) in [5, 5.41) is 21.8. The lowest BCUT2D eigenvalue weighted by molar-refractivity contribution is -0.137. The Morgan fingerprint density at radius 3 is 2.81 bits per heavy atom. The highest BCUT2D eigenvalue weighted by Crippen LogP contribution is 2.18. The van der Waals surface area contributed by atoms with Gasteiger partial charge in [-0.1, -0.05) is 42.5 Å². The van der Waals surface area contributed by atoms with E-state index in [9.17, 15) is 14.7 Å². The Morgan fingerprint density at radius 2 is 2.07 bits per heavy atom. The number of aliphatic carboxylic acids is 1. The van der Waals surface area contributed by atoms with Gasteiger partial charge in [0.15, 0.2) is 0 Å². The van der Waals surface area contributed by atoms with Crippen molar-refractivity contribution >= 4 is 12.0 Å². The summed E-state index contributed by atoms with van der Waals surface area (Å²) < 4.78 is 0. The van der Waals surface area contributed by atoms with Gasteiger partial charge < -0.3 is 20.4 Å². The number of rotatable bonds is 11. The summed E-state index contributed by atoms with van der Waals surface area (Å²) in [5.74, 6) is -0.784. The number of aliphatic hydroxyl groups excluding tert-OH is 1. The highest BCUT2D eigenvalue weighted by Gasteiger charge is 2.27. The normalized spacial score (nSPS) is 18.5. The Hall–Kier alpha value is -2.34. The SMILES string of the molecule is O=C(O)CCCC=CCN1C(=O)NCC[C@@H]1CCC(O)Cc1ccccc1. The highest BCUT2D eigenvalue weighted by atomic mass is 16.4. The zero-order valence-electron chi connectivity index (χ0n) is 15.7. The van der Waals surface area contributed by atoms with Gasteiger partial charge in [-0.15, -0.1) is 0 Å². The first-order valence-electron chi connectivity index (χ1n) is 9.69. The second-order valence-electron chi connectivity index (χ2n) is 7.01. The van der Waals surface area contributed by atoms with E-state index in [4.69, 9.17) is 5.11 Å². The third-order valence-electron chi connectivity index (χ3n) is 4.83. The van der Waals surface area contributed by atoms with Crippen LogP contribution in [-0.4, -0.2) is 52.3 Å². The molecule has 1 unspecified atom stereocenters. The lowest BCUT2D eigenvalue weighted by Crippen LogP contribution is -2.52. The summed E-state index contributed by atoms with van der Waals surface area (Å²) in [6.45, 7) is 1.18. The number of carboxylic acids is 1. The molecule has 0 aliphatic carbocycles. The molecular weight excluding hydrogens is 344 g/mol. The number of carboxylic acid groups (broad SMARTS) is 1. The fourth-order valence-corrected chi connectivity index (χ4v) is 3.35. The molecule has 1 saturated heterocycles. The Bertz CT molecular complexity index is 618. The van der Waals surface area contributed by atoms with Crippen molar-refractivity contribution in [1.82, 2.24) is 10.2 Å². The number of hydrogen-bond donors (Lipinski definition) is 3. The minimum absolute atomic E-state index is 0.0704. The molecule has 1 aliphatic heterocycles. The molecule has 1 heterocycles. The van der Waals surface area contributed by atoms with Crippen molar-refractivity contribution < 1.29 is 19.8 Å². The van der Waals surface area contributed by atoms with E-state index in [1.807, 2.05) is 47.4 Å². The molecule has 1 aliphatic rings. The maximum absolute atomic E-state index is 12.2. The number of benzene rings is 1. The summed E-state index contributed by atoms with van der Waals surface area (Å²) in [4.78, 5) is 24.5. The van der Waals surface area contributed by atoms with Crippen molar-refractivity contribution in [2.24, 2.45) is 0 Å². The van der Waals surface area contributed by atoms with Crippen molar-refractivity contribution in [3.63, 3.8) is 0 Å². The molecular formula is C21H30N2O4. The van der Waals surface area contributed by atoms with E-state index in [0.29, 0.717) is 38.8 Å². The van der Waals surface area contributed by atoms with E-state index < -0.39 is 12.1 Å². The standard InChI is InChI=1S/C21H30N2O4/c24-19(16-17-8-4-3-5-9-17)12-11-18-13-14-22-21(27)23(18)15-7-2-1-6-10-20(25)26/h2-5,7-9,18-19,24H,1,6,10-16H2,(H,22,27)(H,25,26)/t18-,19?/m0/s1. The van der Waals surface area contributed by atoms with Crippen molar-refractivity contribution in [2.45, 2.75) is 57.1 Å². The molecule has 0 saturated carbocycles. The molecule has 0 aromatic heterocycles. The molecule has 3 N–H and O–H groups in total. The zero-order chi connectivity index (χ0) is 19.5. The molecule has 2 amide bonds. The first-order valence-corrected chi connectivity index (χ1v) is 9.69. The van der Waals surface area contributed by atoms with Crippen LogP contribution in [0.15, 0.2) is 42.5 Å². The van der Waals surface area contributed by atoms with Crippen LogP contribution in [0, 0.1) is 0 Å². The van der Waals surface area contributed by atoms with Crippen LogP contribution in [0.2, 0.25) is 0 Å². The van der Waals surface area contributed by atoms with E-state index in [0.717, 1.165) is 18.4 Å². The second kappa shape index (κ2) is 11.4. The lowest BCUT2D eigenvalue weighted by atomic mass is 9.98. The predicted molar refractivity (Wildman–Crippen MR) is 105 cm³/mol. The van der Waals surface area contributed by atoms with E-state index in [2.05, 4.69) is 5.32 Å². The third kappa shape index (κ3) is 7.83. The summed E-state index contributed by atoms with van der Waals surface area (Å²) >= 11 is 0. The summed E-state index contributed by atoms with van der Waals surface area (Å²) in [7, 11) is 0. The number of aliphatic hydroxyl groups is 1. The minimum Gasteiger partial charge on any atom is -0.481 e. The van der Waals surface area contributed by atoms with Crippen LogP contribution in [0.5, 0.6) is 0 Å². The van der Waals surface area contributed by atoms with E-state index >= 15 is 0 Å². The molecule has 27 heavy (non-hydrogen) atoms. The average molecular weight is 374 g/mol. The fourth-order valence-electron chi connectivity index (χ4n) is 3.35. The topological polar surface area (TPSA) is 89.9 Å². The predicted octanol–water partition coefficient (Wildman–Crippen LogP) is 2.97. The molecule has 0 bridgehead atoms. The maximum atomic E-state index is 12.2. The molecule has 0 spiro atoms. The van der Waals surface area contributed by atoms with Crippen LogP contribution in [0.4, 0.5) is 4.79 Å². The van der Waals surface area contributed by atoms with Gasteiger partial charge in [-0.05, 0) is 44.1 Å². The first kappa shape index (κ1) is 21.0. The number of unbranched alkanes of at least 4 members (excludes halogenated alkanes) is 1. The smallest absolute Gasteiger partial charge is 0.317 e. The van der Waals surface area contributed by atoms with Crippen molar-refractivity contribution in [2.75, 3.05) is 13.1 Å². The van der Waals surface area contributed by atoms with Gasteiger partial charge in [0.2, 0.25) is 0 Å². The molecule has 0 radical (unpaired) electrons. The number of nitrogens with zero attached hydrogens (tertiary/aromatic N) is 1. The molecule has 2 rings (SSSR count). The monoisotopic (exact) mass is 374 g/mol. The van der Waals surface area contributed by atoms with Gasteiger partial charge in [-0.2, -0.15) is 0 Å². The molecule has 1 aromatic carbocycles. The van der Waals surface area contributed by atoms with Gasteiger partial charge >= 0.3 is 12.0 Å². The molecule has 2 atom stereocenters. The van der Waals surface area contributed by atoms with E-state index in [-0.39, 0.29) is 18.5 Å². The third-order valence-corrected chi connectivity index (χ3v) is 4.83. The van der Waals surface area contributed by atoms with Gasteiger partial charge in [0.05, 0.1) is 6.10 Å². The minimum atomic E-state index is -0.784. The average Bonchev–Trinajstić information content (AvgIpc) is 2.65. The summed E-state index contributed by atoms with van der Waals surface area (Å²) in [6, 6.07) is 9.98. The van der Waals surface area contributed by atoms with Gasteiger partial charge in [-0.25, -0.2) is 4.79 Å². The number of hydrogen-bond acceptors (Lipinski definition) is 3. The summed E-state index contributed by atoms with van der Waals surface area (Å²) in [6.07, 6.45) is 7.85. The molecule has 1 fully saturated rings. The number of amides is 2. The van der Waals surface area contributed by atoms with Crippen molar-refractivity contribution in [3.05, 3.63) is 48.0 Å². The molecule has 1 aromatic rings. The lowest BCUT2D eigenvalue weighted by Gasteiger charge is -2.36. The van der Waals surface area contributed by atoms with Crippen molar-refractivity contribution in [1.29, 1.82) is 0 Å². The maximum Gasteiger partial charge on any atom is 0.317 e. The van der Waals surface area contributed by atoms with Gasteiger partial charge in [0, 0.05) is 25.6 Å². The largest absolute Gasteiger partial charge is 0.481 e. The molecule has 6 heteroatoms. The number of urea groups is 1. The van der Waals surface area contributed by atoms with Gasteiger partial charge in [-0.3, -0.25) is 4.79 Å². The van der Waals surface area contributed by atoms with Crippen LogP contribution in [0.3, 0.4) is 0 Å². The Kier molecular flexibility index (Phi) is 8.84. The number of carbonyl (C=O) groups is 2. The van der Waals surface area contributed by atoms with E-state index in [1.54, 1.807) is 0 Å². The second-order valence-corrected chi connectivity index (χ2v) is 7.01. The van der Waals surface area contributed by atoms with Gasteiger partial charge in [0.25, 0.3) is 0 Å². The van der Waals surface area contributed by atoms with E-state index in [1.165, 1.54) is 0 Å². The first-order chi connectivity index (χ1) is 13.1. The van der Waals surface area contributed by atoms with Gasteiger partial charge in [0.1, 0.15) is 0 Å². The van der Waals surface area contributed by atoms with Crippen LogP contribution in [0.1, 0.15) is 44.1 Å². The number of allylic oxidation sites excluding steroid dienone is 1. The van der Waals surface area contributed by atoms with Crippen LogP contribution in [-0.2, 0) is 11.2 Å². The number of nitrogens with one attached hydrogen (secondary N) is 1. The Morgan fingerprint density at radius 1 is 1.30 bits per heavy atom. The molecule has 6 nitrogen and oxygen atoms in total. The molecule has 148 valence electrons. The fraction of sp³-hybridized carbons (Fsp3) is 0.524. The van der Waals surface area contributed by atoms with Crippen LogP contribution in [0.25, 0.3) is 0 Å². The van der Waals surface area contributed by atoms with Crippen molar-refractivity contribution in [3.8, 4) is 0 Å².